The highest BCUT2D eigenvalue weighted by molar-refractivity contribution is 7.89. The first-order valence-electron chi connectivity index (χ1n) is 10.6. The van der Waals surface area contributed by atoms with E-state index in [0.29, 0.717) is 19.5 Å². The van der Waals surface area contributed by atoms with Gasteiger partial charge in [0, 0.05) is 30.1 Å². The van der Waals surface area contributed by atoms with E-state index >= 15 is 0 Å². The molecule has 30 heavy (non-hydrogen) atoms. The minimum absolute atomic E-state index is 0.0498. The van der Waals surface area contributed by atoms with E-state index in [1.54, 1.807) is 40.5 Å². The average molecular weight is 448 g/mol. The summed E-state index contributed by atoms with van der Waals surface area (Å²) in [5.41, 5.74) is 0.760. The molecule has 2 fully saturated rings. The lowest BCUT2D eigenvalue weighted by Gasteiger charge is -2.36. The number of benzene rings is 1. The summed E-state index contributed by atoms with van der Waals surface area (Å²) in [6.07, 6.45) is 3.69. The quantitative estimate of drug-likeness (QED) is 0.704. The van der Waals surface area contributed by atoms with Crippen LogP contribution in [0.4, 0.5) is 5.69 Å². The molecule has 2 aromatic rings. The number of thiophene rings is 1. The molecule has 0 spiro atoms. The van der Waals surface area contributed by atoms with Gasteiger partial charge in [-0.1, -0.05) is 13.0 Å². The zero-order valence-corrected chi connectivity index (χ0v) is 18.9. The number of likely N-dealkylation sites (tertiary alicyclic amines) is 1. The van der Waals surface area contributed by atoms with Crippen molar-refractivity contribution in [3.63, 3.8) is 0 Å². The molecule has 0 bridgehead atoms. The van der Waals surface area contributed by atoms with Crippen LogP contribution in [0.3, 0.4) is 0 Å². The lowest BCUT2D eigenvalue weighted by atomic mass is 9.97. The van der Waals surface area contributed by atoms with E-state index in [9.17, 15) is 13.2 Å². The number of hydrogen-bond donors (Lipinski definition) is 1. The van der Waals surface area contributed by atoms with Gasteiger partial charge in [-0.05, 0) is 74.0 Å². The third-order valence-corrected chi connectivity index (χ3v) is 8.54. The Kier molecular flexibility index (Phi) is 6.57. The molecule has 1 atom stereocenters. The van der Waals surface area contributed by atoms with Gasteiger partial charge >= 0.3 is 0 Å². The van der Waals surface area contributed by atoms with Gasteiger partial charge in [-0.2, -0.15) is 0 Å². The summed E-state index contributed by atoms with van der Waals surface area (Å²) in [4.78, 5) is 17.4. The van der Waals surface area contributed by atoms with Crippen LogP contribution >= 0.6 is 11.3 Å². The van der Waals surface area contributed by atoms with Gasteiger partial charge in [0.25, 0.3) is 0 Å². The van der Waals surface area contributed by atoms with Crippen LogP contribution in [0.25, 0.3) is 0 Å². The van der Waals surface area contributed by atoms with E-state index in [0.717, 1.165) is 44.0 Å². The molecular formula is C22H29N3O3S2. The lowest BCUT2D eigenvalue weighted by molar-refractivity contribution is -0.117. The first-order chi connectivity index (χ1) is 14.4. The fourth-order valence-corrected chi connectivity index (χ4v) is 6.13. The van der Waals surface area contributed by atoms with Crippen LogP contribution in [0, 0.1) is 5.92 Å². The maximum Gasteiger partial charge on any atom is 0.240 e. The van der Waals surface area contributed by atoms with Crippen LogP contribution in [-0.4, -0.2) is 45.4 Å². The Morgan fingerprint density at radius 2 is 1.87 bits per heavy atom. The third kappa shape index (κ3) is 4.77. The third-order valence-electron chi connectivity index (χ3n) is 6.13. The predicted octanol–water partition coefficient (Wildman–Crippen LogP) is 3.63. The van der Waals surface area contributed by atoms with Crippen molar-refractivity contribution in [3.05, 3.63) is 46.7 Å². The van der Waals surface area contributed by atoms with E-state index < -0.39 is 10.0 Å². The molecule has 6 nitrogen and oxygen atoms in total. The van der Waals surface area contributed by atoms with Gasteiger partial charge in [0.15, 0.2) is 0 Å². The van der Waals surface area contributed by atoms with E-state index in [2.05, 4.69) is 22.6 Å². The zero-order chi connectivity index (χ0) is 21.1. The molecule has 3 heterocycles. The summed E-state index contributed by atoms with van der Waals surface area (Å²) >= 11 is 1.67. The molecule has 162 valence electrons. The molecule has 1 amide bonds. The maximum atomic E-state index is 12.9. The maximum absolute atomic E-state index is 12.9. The van der Waals surface area contributed by atoms with Gasteiger partial charge in [0.1, 0.15) is 0 Å². The normalized spacial score (nSPS) is 20.0. The number of rotatable bonds is 7. The van der Waals surface area contributed by atoms with Crippen LogP contribution < -0.4 is 9.62 Å². The summed E-state index contributed by atoms with van der Waals surface area (Å²) in [7, 11) is -3.63. The number of sulfonamides is 1. The van der Waals surface area contributed by atoms with Crippen molar-refractivity contribution in [1.29, 1.82) is 0 Å². The van der Waals surface area contributed by atoms with Gasteiger partial charge in [-0.25, -0.2) is 13.1 Å². The number of carbonyl (C=O) groups excluding carboxylic acids is 1. The van der Waals surface area contributed by atoms with Crippen LogP contribution in [0.2, 0.25) is 0 Å². The van der Waals surface area contributed by atoms with E-state index in [-0.39, 0.29) is 16.8 Å². The fourth-order valence-electron chi connectivity index (χ4n) is 4.23. The molecule has 1 aromatic heterocycles. The van der Waals surface area contributed by atoms with Crippen molar-refractivity contribution in [2.75, 3.05) is 31.1 Å². The lowest BCUT2D eigenvalue weighted by Crippen LogP contribution is -2.41. The number of hydrogen-bond acceptors (Lipinski definition) is 5. The second-order valence-electron chi connectivity index (χ2n) is 8.24. The molecule has 0 aliphatic carbocycles. The average Bonchev–Trinajstić information content (AvgIpc) is 3.42. The number of piperidine rings is 1. The highest BCUT2D eigenvalue weighted by atomic mass is 32.2. The minimum atomic E-state index is -3.63. The van der Waals surface area contributed by atoms with Gasteiger partial charge in [-0.15, -0.1) is 11.3 Å². The van der Waals surface area contributed by atoms with Gasteiger partial charge < -0.3 is 4.90 Å². The Labute approximate surface area is 182 Å². The molecule has 2 aliphatic heterocycles. The Bertz CT molecular complexity index is 950. The van der Waals surface area contributed by atoms with Crippen LogP contribution in [0.5, 0.6) is 0 Å². The highest BCUT2D eigenvalue weighted by Crippen LogP contribution is 2.30. The molecule has 1 aromatic carbocycles. The molecule has 4 rings (SSSR count). The highest BCUT2D eigenvalue weighted by Gasteiger charge is 2.27. The number of anilines is 1. The molecule has 2 aliphatic rings. The molecule has 8 heteroatoms. The zero-order valence-electron chi connectivity index (χ0n) is 17.3. The minimum Gasteiger partial charge on any atom is -0.312 e. The fraction of sp³-hybridized carbons (Fsp3) is 0.500. The van der Waals surface area contributed by atoms with Crippen molar-refractivity contribution < 1.29 is 13.2 Å². The van der Waals surface area contributed by atoms with Crippen LogP contribution in [0.1, 0.15) is 43.5 Å². The van der Waals surface area contributed by atoms with Crippen LogP contribution in [-0.2, 0) is 14.8 Å². The van der Waals surface area contributed by atoms with E-state index in [1.165, 1.54) is 4.88 Å². The van der Waals surface area contributed by atoms with Gasteiger partial charge in [0.2, 0.25) is 15.9 Å². The molecule has 1 N–H and O–H groups in total. The number of nitrogens with zero attached hydrogens (tertiary/aromatic N) is 2. The van der Waals surface area contributed by atoms with Gasteiger partial charge in [-0.3, -0.25) is 9.69 Å². The first-order valence-corrected chi connectivity index (χ1v) is 13.0. The monoisotopic (exact) mass is 447 g/mol. The van der Waals surface area contributed by atoms with Crippen LogP contribution in [0.15, 0.2) is 46.7 Å². The van der Waals surface area contributed by atoms with E-state index in [4.69, 9.17) is 0 Å². The van der Waals surface area contributed by atoms with Crippen molar-refractivity contribution >= 4 is 33.0 Å². The largest absolute Gasteiger partial charge is 0.312 e. The summed E-state index contributed by atoms with van der Waals surface area (Å²) < 4.78 is 28.7. The van der Waals surface area contributed by atoms with Crippen molar-refractivity contribution in [2.45, 2.75) is 43.5 Å². The van der Waals surface area contributed by atoms with Crippen molar-refractivity contribution in [1.82, 2.24) is 9.62 Å². The number of nitrogens with one attached hydrogen (secondary N) is 1. The summed E-state index contributed by atoms with van der Waals surface area (Å²) in [5.74, 6) is 0.821. The summed E-state index contributed by atoms with van der Waals surface area (Å²) in [6, 6.07) is 10.8. The number of carbonyl (C=O) groups is 1. The molecule has 2 saturated heterocycles. The Hall–Kier alpha value is -1.74. The summed E-state index contributed by atoms with van der Waals surface area (Å²) in [6.45, 7) is 5.30. The Morgan fingerprint density at radius 1 is 1.13 bits per heavy atom. The standard InChI is InChI=1S/C22H29N3O3S2/c1-17-10-13-24(14-11-17)20(21-4-3-15-29-21)16-23-30(27,28)19-8-6-18(7-9-19)25-12-2-5-22(25)26/h3-4,6-9,15,17,20,23H,2,5,10-14,16H2,1H3. The predicted molar refractivity (Wildman–Crippen MR) is 120 cm³/mol. The molecule has 1 unspecified atom stereocenters. The van der Waals surface area contributed by atoms with Crippen molar-refractivity contribution in [3.8, 4) is 0 Å². The van der Waals surface area contributed by atoms with Crippen molar-refractivity contribution in [2.24, 2.45) is 5.92 Å². The summed E-state index contributed by atoms with van der Waals surface area (Å²) in [5, 5.41) is 2.04. The molecular weight excluding hydrogens is 418 g/mol. The Morgan fingerprint density at radius 3 is 2.47 bits per heavy atom. The molecule has 0 radical (unpaired) electrons. The second kappa shape index (κ2) is 9.18. The van der Waals surface area contributed by atoms with Gasteiger partial charge in [0.05, 0.1) is 10.9 Å². The van der Waals surface area contributed by atoms with E-state index in [1.807, 2.05) is 11.4 Å². The number of amides is 1. The first kappa shape index (κ1) is 21.5. The second-order valence-corrected chi connectivity index (χ2v) is 11.0. The molecule has 0 saturated carbocycles. The Balaban J connectivity index is 1.45. The topological polar surface area (TPSA) is 69.7 Å². The smallest absolute Gasteiger partial charge is 0.240 e. The SMILES string of the molecule is CC1CCN(C(CNS(=O)(=O)c2ccc(N3CCCC3=O)cc2)c2cccs2)CC1.